The molecule has 142 valence electrons. The third-order valence-electron chi connectivity index (χ3n) is 4.11. The van der Waals surface area contributed by atoms with Gasteiger partial charge in [-0.25, -0.2) is 9.98 Å². The van der Waals surface area contributed by atoms with E-state index in [2.05, 4.69) is 46.6 Å². The molecule has 1 aromatic heterocycles. The molecule has 0 saturated carbocycles. The van der Waals surface area contributed by atoms with Gasteiger partial charge in [0.1, 0.15) is 12.0 Å². The van der Waals surface area contributed by atoms with Crippen LogP contribution in [0, 0.1) is 6.92 Å². The SMILES string of the molecule is CCNC(=NCc1coc(-c2ccc(C)cc2)n1)NCC1CCCO1.I. The highest BCUT2D eigenvalue weighted by atomic mass is 127. The van der Waals surface area contributed by atoms with Crippen molar-refractivity contribution in [2.75, 3.05) is 19.7 Å². The Morgan fingerprint density at radius 1 is 1.27 bits per heavy atom. The molecular weight excluding hydrogens is 443 g/mol. The van der Waals surface area contributed by atoms with Gasteiger partial charge < -0.3 is 19.8 Å². The molecule has 2 aromatic rings. The third kappa shape index (κ3) is 5.98. The van der Waals surface area contributed by atoms with Gasteiger partial charge in [-0.05, 0) is 38.8 Å². The average molecular weight is 470 g/mol. The monoisotopic (exact) mass is 470 g/mol. The van der Waals surface area contributed by atoms with Crippen LogP contribution in [0.15, 0.2) is 39.9 Å². The van der Waals surface area contributed by atoms with Crippen molar-refractivity contribution in [2.24, 2.45) is 4.99 Å². The van der Waals surface area contributed by atoms with Gasteiger partial charge in [0.25, 0.3) is 0 Å². The highest BCUT2D eigenvalue weighted by molar-refractivity contribution is 14.0. The molecule has 1 saturated heterocycles. The van der Waals surface area contributed by atoms with Gasteiger partial charge in [-0.1, -0.05) is 17.7 Å². The molecule has 0 bridgehead atoms. The smallest absolute Gasteiger partial charge is 0.226 e. The normalized spacial score (nSPS) is 17.0. The van der Waals surface area contributed by atoms with Crippen molar-refractivity contribution >= 4 is 29.9 Å². The zero-order valence-corrected chi connectivity index (χ0v) is 17.7. The fourth-order valence-electron chi connectivity index (χ4n) is 2.73. The number of nitrogens with zero attached hydrogens (tertiary/aromatic N) is 2. The lowest BCUT2D eigenvalue weighted by molar-refractivity contribution is 0.114. The molecule has 1 atom stereocenters. The van der Waals surface area contributed by atoms with E-state index in [1.165, 1.54) is 5.56 Å². The fraction of sp³-hybridized carbons (Fsp3) is 0.474. The summed E-state index contributed by atoms with van der Waals surface area (Å²) in [6.45, 7) is 7.03. The molecule has 6 nitrogen and oxygen atoms in total. The van der Waals surface area contributed by atoms with Crippen molar-refractivity contribution in [3.63, 3.8) is 0 Å². The molecule has 1 fully saturated rings. The van der Waals surface area contributed by atoms with E-state index in [-0.39, 0.29) is 30.1 Å². The van der Waals surface area contributed by atoms with E-state index in [1.54, 1.807) is 6.26 Å². The van der Waals surface area contributed by atoms with Gasteiger partial charge in [0.05, 0.1) is 12.6 Å². The molecule has 0 amide bonds. The Morgan fingerprint density at radius 3 is 2.77 bits per heavy atom. The standard InChI is InChI=1S/C19H26N4O2.HI/c1-3-20-19(22-12-17-5-4-10-24-17)21-11-16-13-25-18(23-16)15-8-6-14(2)7-9-15;/h6-9,13,17H,3-5,10-12H2,1-2H3,(H2,20,21,22);1H. The van der Waals surface area contributed by atoms with Gasteiger partial charge in [0.15, 0.2) is 5.96 Å². The maximum absolute atomic E-state index is 5.63. The van der Waals surface area contributed by atoms with Crippen molar-refractivity contribution in [1.29, 1.82) is 0 Å². The molecule has 1 aliphatic heterocycles. The zero-order valence-electron chi connectivity index (χ0n) is 15.3. The van der Waals surface area contributed by atoms with Crippen LogP contribution in [0.5, 0.6) is 0 Å². The summed E-state index contributed by atoms with van der Waals surface area (Å²) in [7, 11) is 0. The van der Waals surface area contributed by atoms with Crippen LogP contribution in [0.4, 0.5) is 0 Å². The number of aromatic nitrogens is 1. The lowest BCUT2D eigenvalue weighted by Gasteiger charge is -2.14. The molecular formula is C19H27IN4O2. The van der Waals surface area contributed by atoms with E-state index in [0.29, 0.717) is 12.4 Å². The first-order valence-corrected chi connectivity index (χ1v) is 8.90. The van der Waals surface area contributed by atoms with Crippen molar-refractivity contribution in [2.45, 2.75) is 39.3 Å². The van der Waals surface area contributed by atoms with Crippen LogP contribution in [-0.2, 0) is 11.3 Å². The first-order chi connectivity index (χ1) is 12.2. The number of guanidine groups is 1. The maximum Gasteiger partial charge on any atom is 0.226 e. The molecule has 1 aliphatic rings. The number of aryl methyl sites for hydroxylation is 1. The van der Waals surface area contributed by atoms with Crippen molar-refractivity contribution in [3.8, 4) is 11.5 Å². The Labute approximate surface area is 171 Å². The number of aliphatic imine (C=N–C) groups is 1. The van der Waals surface area contributed by atoms with Gasteiger partial charge in [0, 0.05) is 25.3 Å². The Kier molecular flexibility index (Phi) is 8.37. The van der Waals surface area contributed by atoms with Crippen LogP contribution in [0.1, 0.15) is 31.0 Å². The Bertz CT molecular complexity index is 694. The average Bonchev–Trinajstić information content (AvgIpc) is 3.30. The first kappa shape index (κ1) is 20.7. The maximum atomic E-state index is 5.63. The summed E-state index contributed by atoms with van der Waals surface area (Å²) in [5, 5.41) is 6.58. The van der Waals surface area contributed by atoms with E-state index in [0.717, 1.165) is 49.8 Å². The Morgan fingerprint density at radius 2 is 2.08 bits per heavy atom. The number of hydrogen-bond acceptors (Lipinski definition) is 4. The molecule has 0 aliphatic carbocycles. The highest BCUT2D eigenvalue weighted by Gasteiger charge is 2.15. The number of ether oxygens (including phenoxy) is 1. The molecule has 3 rings (SSSR count). The molecule has 0 radical (unpaired) electrons. The van der Waals surface area contributed by atoms with E-state index in [4.69, 9.17) is 9.15 Å². The predicted molar refractivity (Wildman–Crippen MR) is 114 cm³/mol. The number of oxazole rings is 1. The minimum absolute atomic E-state index is 0. The molecule has 2 heterocycles. The summed E-state index contributed by atoms with van der Waals surface area (Å²) in [5.74, 6) is 1.40. The first-order valence-electron chi connectivity index (χ1n) is 8.90. The number of hydrogen-bond donors (Lipinski definition) is 2. The van der Waals surface area contributed by atoms with Crippen LogP contribution in [0.2, 0.25) is 0 Å². The summed E-state index contributed by atoms with van der Waals surface area (Å²) < 4.78 is 11.2. The van der Waals surface area contributed by atoms with Gasteiger partial charge in [-0.2, -0.15) is 0 Å². The van der Waals surface area contributed by atoms with E-state index >= 15 is 0 Å². The Hall–Kier alpha value is -1.61. The van der Waals surface area contributed by atoms with E-state index in [1.807, 2.05) is 12.1 Å². The van der Waals surface area contributed by atoms with E-state index in [9.17, 15) is 0 Å². The number of halogens is 1. The summed E-state index contributed by atoms with van der Waals surface area (Å²) in [6.07, 6.45) is 4.20. The van der Waals surface area contributed by atoms with Gasteiger partial charge in [0.2, 0.25) is 5.89 Å². The zero-order chi connectivity index (χ0) is 17.5. The fourth-order valence-corrected chi connectivity index (χ4v) is 2.73. The minimum atomic E-state index is 0. The highest BCUT2D eigenvalue weighted by Crippen LogP contribution is 2.19. The molecule has 26 heavy (non-hydrogen) atoms. The molecule has 1 aromatic carbocycles. The second-order valence-corrected chi connectivity index (χ2v) is 6.22. The molecule has 0 spiro atoms. The topological polar surface area (TPSA) is 71.7 Å². The summed E-state index contributed by atoms with van der Waals surface area (Å²) >= 11 is 0. The van der Waals surface area contributed by atoms with Crippen LogP contribution >= 0.6 is 24.0 Å². The second kappa shape index (κ2) is 10.5. The van der Waals surface area contributed by atoms with E-state index < -0.39 is 0 Å². The van der Waals surface area contributed by atoms with Crippen molar-refractivity contribution in [1.82, 2.24) is 15.6 Å². The largest absolute Gasteiger partial charge is 0.444 e. The lowest BCUT2D eigenvalue weighted by Crippen LogP contribution is -2.41. The van der Waals surface area contributed by atoms with Crippen LogP contribution < -0.4 is 10.6 Å². The van der Waals surface area contributed by atoms with Gasteiger partial charge in [-0.3, -0.25) is 0 Å². The number of benzene rings is 1. The van der Waals surface area contributed by atoms with Crippen LogP contribution in [0.3, 0.4) is 0 Å². The third-order valence-corrected chi connectivity index (χ3v) is 4.11. The van der Waals surface area contributed by atoms with Crippen LogP contribution in [0.25, 0.3) is 11.5 Å². The van der Waals surface area contributed by atoms with Gasteiger partial charge in [-0.15, -0.1) is 24.0 Å². The summed E-state index contributed by atoms with van der Waals surface area (Å²) in [4.78, 5) is 9.11. The van der Waals surface area contributed by atoms with Crippen LogP contribution in [-0.4, -0.2) is 36.7 Å². The minimum Gasteiger partial charge on any atom is -0.444 e. The molecule has 1 unspecified atom stereocenters. The van der Waals surface area contributed by atoms with Gasteiger partial charge >= 0.3 is 0 Å². The molecule has 7 heteroatoms. The number of rotatable bonds is 6. The Balaban J connectivity index is 0.00000243. The lowest BCUT2D eigenvalue weighted by atomic mass is 10.1. The summed E-state index contributed by atoms with van der Waals surface area (Å²) in [6, 6.07) is 8.13. The van der Waals surface area contributed by atoms with Crippen molar-refractivity contribution < 1.29 is 9.15 Å². The predicted octanol–water partition coefficient (Wildman–Crippen LogP) is 3.50. The quantitative estimate of drug-likeness (QED) is 0.384. The van der Waals surface area contributed by atoms with Crippen molar-refractivity contribution in [3.05, 3.63) is 41.8 Å². The second-order valence-electron chi connectivity index (χ2n) is 6.22. The number of nitrogens with one attached hydrogen (secondary N) is 2. The summed E-state index contributed by atoms with van der Waals surface area (Å²) in [5.41, 5.74) is 3.00. The molecule has 2 N–H and O–H groups in total.